The molecule has 0 aliphatic carbocycles. The molecule has 0 radical (unpaired) electrons. The van der Waals surface area contributed by atoms with Gasteiger partial charge in [-0.15, -0.1) is 0 Å². The largest absolute Gasteiger partial charge is 0.392 e. The standard InChI is InChI=1S/C14H20BrNO4S/c1-9-5-12(3-4-20-9)16-21(18,19)14-7-11(8-17)6-13(15)10(14)2/h6-7,9,12,16-17H,3-5,8H2,1-2H3. The molecular formula is C14H20BrNO4S. The molecule has 1 fully saturated rings. The zero-order valence-corrected chi connectivity index (χ0v) is 14.5. The van der Waals surface area contributed by atoms with Gasteiger partial charge in [0.15, 0.2) is 0 Å². The number of nitrogens with one attached hydrogen (secondary N) is 1. The number of benzene rings is 1. The number of halogens is 1. The van der Waals surface area contributed by atoms with Crippen LogP contribution in [0.4, 0.5) is 0 Å². The van der Waals surface area contributed by atoms with Crippen molar-refractivity contribution in [3.63, 3.8) is 0 Å². The molecule has 7 heteroatoms. The summed E-state index contributed by atoms with van der Waals surface area (Å²) in [5.41, 5.74) is 1.20. The van der Waals surface area contributed by atoms with Crippen LogP contribution in [0.25, 0.3) is 0 Å². The molecule has 2 unspecified atom stereocenters. The van der Waals surface area contributed by atoms with E-state index in [2.05, 4.69) is 20.7 Å². The molecule has 0 amide bonds. The Bertz CT molecular complexity index is 618. The summed E-state index contributed by atoms with van der Waals surface area (Å²) < 4.78 is 34.0. The van der Waals surface area contributed by atoms with Gasteiger partial charge in [0.2, 0.25) is 10.0 Å². The van der Waals surface area contributed by atoms with E-state index in [4.69, 9.17) is 4.74 Å². The highest BCUT2D eigenvalue weighted by Crippen LogP contribution is 2.27. The molecule has 2 rings (SSSR count). The summed E-state index contributed by atoms with van der Waals surface area (Å²) in [6.45, 7) is 4.05. The minimum atomic E-state index is -3.62. The lowest BCUT2D eigenvalue weighted by atomic mass is 10.1. The Morgan fingerprint density at radius 3 is 2.81 bits per heavy atom. The van der Waals surface area contributed by atoms with Crippen molar-refractivity contribution in [3.8, 4) is 0 Å². The zero-order valence-electron chi connectivity index (χ0n) is 12.1. The second kappa shape index (κ2) is 6.75. The lowest BCUT2D eigenvalue weighted by molar-refractivity contribution is 0.0173. The minimum absolute atomic E-state index is 0.0584. The fourth-order valence-corrected chi connectivity index (χ4v) is 4.70. The van der Waals surface area contributed by atoms with Crippen LogP contribution in [0.15, 0.2) is 21.5 Å². The van der Waals surface area contributed by atoms with E-state index >= 15 is 0 Å². The van der Waals surface area contributed by atoms with E-state index in [-0.39, 0.29) is 23.6 Å². The predicted molar refractivity (Wildman–Crippen MR) is 83.6 cm³/mol. The van der Waals surface area contributed by atoms with Crippen molar-refractivity contribution in [1.82, 2.24) is 4.72 Å². The first kappa shape index (κ1) is 16.9. The monoisotopic (exact) mass is 377 g/mol. The zero-order chi connectivity index (χ0) is 15.6. The normalized spacial score (nSPS) is 23.2. The number of rotatable bonds is 4. The van der Waals surface area contributed by atoms with Crippen LogP contribution in [0.1, 0.15) is 30.9 Å². The van der Waals surface area contributed by atoms with Gasteiger partial charge in [0, 0.05) is 17.1 Å². The van der Waals surface area contributed by atoms with Crippen molar-refractivity contribution >= 4 is 26.0 Å². The summed E-state index contributed by atoms with van der Waals surface area (Å²) in [5.74, 6) is 0. The highest BCUT2D eigenvalue weighted by atomic mass is 79.9. The molecule has 21 heavy (non-hydrogen) atoms. The Kier molecular flexibility index (Phi) is 5.43. The van der Waals surface area contributed by atoms with Gasteiger partial charge in [0.1, 0.15) is 0 Å². The van der Waals surface area contributed by atoms with E-state index in [1.807, 2.05) is 6.92 Å². The fourth-order valence-electron chi connectivity index (χ4n) is 2.47. The maximum absolute atomic E-state index is 12.6. The van der Waals surface area contributed by atoms with Gasteiger partial charge in [-0.3, -0.25) is 0 Å². The summed E-state index contributed by atoms with van der Waals surface area (Å²) in [5, 5.41) is 9.25. The fraction of sp³-hybridized carbons (Fsp3) is 0.571. The molecule has 1 aliphatic heterocycles. The van der Waals surface area contributed by atoms with Gasteiger partial charge < -0.3 is 9.84 Å². The van der Waals surface area contributed by atoms with Crippen LogP contribution in [0.5, 0.6) is 0 Å². The molecule has 118 valence electrons. The number of hydrogen-bond acceptors (Lipinski definition) is 4. The van der Waals surface area contributed by atoms with E-state index in [1.165, 1.54) is 6.07 Å². The van der Waals surface area contributed by atoms with Crippen molar-refractivity contribution in [3.05, 3.63) is 27.7 Å². The SMILES string of the molecule is Cc1c(Br)cc(CO)cc1S(=O)(=O)NC1CCOC(C)C1. The van der Waals surface area contributed by atoms with Crippen molar-refractivity contribution in [2.75, 3.05) is 6.61 Å². The first-order valence-corrected chi connectivity index (χ1v) is 9.15. The number of aliphatic hydroxyl groups excluding tert-OH is 1. The summed E-state index contributed by atoms with van der Waals surface area (Å²) in [6.07, 6.45) is 1.39. The van der Waals surface area contributed by atoms with E-state index in [0.29, 0.717) is 35.0 Å². The average molecular weight is 378 g/mol. The molecule has 0 aromatic heterocycles. The highest BCUT2D eigenvalue weighted by molar-refractivity contribution is 9.10. The molecule has 0 saturated carbocycles. The minimum Gasteiger partial charge on any atom is -0.392 e. The van der Waals surface area contributed by atoms with Crippen LogP contribution in [-0.4, -0.2) is 32.3 Å². The number of hydrogen-bond donors (Lipinski definition) is 2. The Labute approximate surface area is 133 Å². The molecule has 1 aliphatic rings. The lowest BCUT2D eigenvalue weighted by Gasteiger charge is -2.28. The molecule has 0 spiro atoms. The van der Waals surface area contributed by atoms with Gasteiger partial charge in [-0.25, -0.2) is 13.1 Å². The summed E-state index contributed by atoms with van der Waals surface area (Å²) in [6, 6.07) is 3.13. The third kappa shape index (κ3) is 4.04. The van der Waals surface area contributed by atoms with Crippen LogP contribution in [0.2, 0.25) is 0 Å². The molecule has 5 nitrogen and oxygen atoms in total. The van der Waals surface area contributed by atoms with E-state index < -0.39 is 10.0 Å². The molecule has 1 aromatic carbocycles. The molecule has 2 atom stereocenters. The summed E-state index contributed by atoms with van der Waals surface area (Å²) in [7, 11) is -3.62. The third-order valence-corrected chi connectivity index (χ3v) is 6.11. The molecule has 1 saturated heterocycles. The van der Waals surface area contributed by atoms with Crippen molar-refractivity contribution in [2.24, 2.45) is 0 Å². The van der Waals surface area contributed by atoms with Gasteiger partial charge in [0.05, 0.1) is 17.6 Å². The van der Waals surface area contributed by atoms with Crippen LogP contribution in [0.3, 0.4) is 0 Å². The first-order valence-electron chi connectivity index (χ1n) is 6.87. The highest BCUT2D eigenvalue weighted by Gasteiger charge is 2.26. The Morgan fingerprint density at radius 1 is 1.48 bits per heavy atom. The summed E-state index contributed by atoms with van der Waals surface area (Å²) in [4.78, 5) is 0.208. The van der Waals surface area contributed by atoms with Gasteiger partial charge >= 0.3 is 0 Å². The van der Waals surface area contributed by atoms with E-state index in [9.17, 15) is 13.5 Å². The van der Waals surface area contributed by atoms with Crippen molar-refractivity contribution < 1.29 is 18.3 Å². The van der Waals surface area contributed by atoms with E-state index in [1.54, 1.807) is 13.0 Å². The van der Waals surface area contributed by atoms with Crippen LogP contribution >= 0.6 is 15.9 Å². The van der Waals surface area contributed by atoms with Gasteiger partial charge in [-0.05, 0) is 49.9 Å². The molecule has 0 bridgehead atoms. The lowest BCUT2D eigenvalue weighted by Crippen LogP contribution is -2.41. The molecule has 1 aromatic rings. The molecular weight excluding hydrogens is 358 g/mol. The summed E-state index contributed by atoms with van der Waals surface area (Å²) >= 11 is 3.34. The average Bonchev–Trinajstić information content (AvgIpc) is 2.41. The topological polar surface area (TPSA) is 75.6 Å². The number of aliphatic hydroxyl groups is 1. The van der Waals surface area contributed by atoms with Crippen LogP contribution in [0, 0.1) is 6.92 Å². The molecule has 2 N–H and O–H groups in total. The van der Waals surface area contributed by atoms with Gasteiger partial charge in [0.25, 0.3) is 0 Å². The Morgan fingerprint density at radius 2 is 2.19 bits per heavy atom. The van der Waals surface area contributed by atoms with Gasteiger partial charge in [-0.2, -0.15) is 0 Å². The van der Waals surface area contributed by atoms with Crippen LogP contribution < -0.4 is 4.72 Å². The quantitative estimate of drug-likeness (QED) is 0.842. The Balaban J connectivity index is 2.29. The maximum Gasteiger partial charge on any atom is 0.241 e. The predicted octanol–water partition coefficient (Wildman–Crippen LogP) is 2.10. The van der Waals surface area contributed by atoms with Crippen molar-refractivity contribution in [1.29, 1.82) is 0 Å². The van der Waals surface area contributed by atoms with Crippen molar-refractivity contribution in [2.45, 2.75) is 50.3 Å². The number of ether oxygens (including phenoxy) is 1. The first-order chi connectivity index (χ1) is 9.83. The molecule has 1 heterocycles. The Hall–Kier alpha value is -0.470. The van der Waals surface area contributed by atoms with Gasteiger partial charge in [-0.1, -0.05) is 15.9 Å². The number of sulfonamides is 1. The maximum atomic E-state index is 12.6. The smallest absolute Gasteiger partial charge is 0.241 e. The second-order valence-electron chi connectivity index (χ2n) is 5.38. The van der Waals surface area contributed by atoms with E-state index in [0.717, 1.165) is 0 Å². The third-order valence-electron chi connectivity index (χ3n) is 3.64. The van der Waals surface area contributed by atoms with Crippen LogP contribution in [-0.2, 0) is 21.4 Å². The second-order valence-corrected chi connectivity index (χ2v) is 7.92.